The first kappa shape index (κ1) is 69.9. The smallest absolute Gasteiger partial charge is 0.317 e. The molecule has 2 aromatic rings. The number of benzene rings is 2. The van der Waals surface area contributed by atoms with Crippen molar-refractivity contribution in [2.45, 2.75) is 237 Å². The van der Waals surface area contributed by atoms with Crippen LogP contribution in [0.4, 0.5) is 0 Å². The molecular formula is C69H98N2O21. The van der Waals surface area contributed by atoms with Crippen LogP contribution < -0.4 is 15.4 Å². The molecule has 3 heterocycles. The fourth-order valence-corrected chi connectivity index (χ4v) is 17.7. The minimum atomic E-state index is -1.98. The second-order valence-electron chi connectivity index (χ2n) is 29.3. The number of hydrogen-bond donors (Lipinski definition) is 12. The second kappa shape index (κ2) is 27.3. The molecule has 5 aliphatic carbocycles. The molecule has 7 fully saturated rings. The molecule has 8 aliphatic rings. The largest absolute Gasteiger partial charge is 0.507 e. The standard InChI is InChI=1S/C69H98N2O21/c1-9-39-42(74)14-13-15-44(39)86-33-37-17-19-38(20-18-37)59(84)70-29-12-10-11-16-50(78)71-51-45(32-72)89-62(58(53(51)80)91-61-56(83)54(81)57(36(2)88-61)90-60-55(82)52(79)43(75)34-87-60)92-63(85)69-28-27-64(3,4)30-41(69)40-21-22-47-65(5)25-24-48(76)66(6,35-73)46(65)23-26-67(47,7)68(40,8)31-49(69)77/h9,13-15,17-21,35-36,41,43,45-49,51-58,60-62,72,74-77,79-83H,1,10-12,16,22-34H2,2-8H3,(H,70,84)(H,71,78)/t36-,41?,43-,45?,46-,47?,48+,49?,51+,52?,53?,54?,55?,56?,57+,58?,60+,61+,62+,65?,66-,67+,68-,69-/m1/s1. The van der Waals surface area contributed by atoms with Gasteiger partial charge in [-0.3, -0.25) is 14.4 Å². The van der Waals surface area contributed by atoms with Crippen molar-refractivity contribution in [1.82, 2.24) is 10.6 Å². The lowest BCUT2D eigenvalue weighted by molar-refractivity contribution is -0.370. The molecule has 4 saturated carbocycles. The van der Waals surface area contributed by atoms with E-state index in [1.165, 1.54) is 13.0 Å². The van der Waals surface area contributed by atoms with Crippen LogP contribution in [0.2, 0.25) is 0 Å². The van der Waals surface area contributed by atoms with E-state index >= 15 is 4.79 Å². The number of phenolic OH excluding ortho intramolecular Hbond substituents is 1. The number of unbranched alkanes of at least 4 members (excludes halogenated alkanes) is 2. The molecule has 23 nitrogen and oxygen atoms in total. The Morgan fingerprint density at radius 1 is 0.761 bits per heavy atom. The van der Waals surface area contributed by atoms with Crippen LogP contribution in [0.3, 0.4) is 0 Å². The second-order valence-corrected chi connectivity index (χ2v) is 29.3. The van der Waals surface area contributed by atoms with Crippen molar-refractivity contribution in [3.8, 4) is 11.5 Å². The van der Waals surface area contributed by atoms with E-state index in [1.807, 2.05) is 6.92 Å². The first-order chi connectivity index (χ1) is 43.5. The number of carbonyl (C=O) groups excluding carboxylic acids is 4. The number of fused-ring (bicyclic) bond motifs is 7. The van der Waals surface area contributed by atoms with Crippen LogP contribution in [0.1, 0.15) is 153 Å². The van der Waals surface area contributed by atoms with Crippen molar-refractivity contribution >= 4 is 30.1 Å². The highest BCUT2D eigenvalue weighted by Gasteiger charge is 2.72. The third-order valence-electron chi connectivity index (χ3n) is 23.5. The van der Waals surface area contributed by atoms with Crippen molar-refractivity contribution in [3.63, 3.8) is 0 Å². The van der Waals surface area contributed by atoms with Gasteiger partial charge in [0.15, 0.2) is 18.7 Å². The average molecular weight is 1290 g/mol. The first-order valence-electron chi connectivity index (χ1n) is 32.9. The van der Waals surface area contributed by atoms with E-state index in [2.05, 4.69) is 57.9 Å². The fourth-order valence-electron chi connectivity index (χ4n) is 17.7. The average Bonchev–Trinajstić information content (AvgIpc) is 0.674. The maximum atomic E-state index is 15.8. The summed E-state index contributed by atoms with van der Waals surface area (Å²) in [4.78, 5) is 55.5. The Hall–Kier alpha value is -4.96. The molecule has 510 valence electrons. The number of aliphatic hydroxyl groups excluding tert-OH is 9. The maximum absolute atomic E-state index is 15.8. The molecule has 12 N–H and O–H groups in total. The van der Waals surface area contributed by atoms with Crippen molar-refractivity contribution < 1.29 is 103 Å². The Morgan fingerprint density at radius 3 is 2.18 bits per heavy atom. The van der Waals surface area contributed by atoms with Gasteiger partial charge < -0.3 is 99.7 Å². The monoisotopic (exact) mass is 1290 g/mol. The van der Waals surface area contributed by atoms with Crippen molar-refractivity contribution in [1.29, 1.82) is 0 Å². The SMILES string of the molecule is C=Cc1c(O)cccc1OCc1ccc(C(=O)NCCCCCC(=O)N[C@H]2C(CO)O[C@@H](OC(=O)[C@]34CCC(C)(C)CC3C3=CCC5C6(C)CC[C@H](O)[C@](C)(C=O)[C@@H]6CC[C@]5(C)[C@]3(C)CC4O)C(O[C@@H]3O[C@H](C)[C@H](O[C@@H]4OC[C@@H](O)C(O)C4O)C(O)C3O)C2O)cc1. The highest BCUT2D eigenvalue weighted by molar-refractivity contribution is 5.94. The molecule has 0 aromatic heterocycles. The predicted molar refractivity (Wildman–Crippen MR) is 330 cm³/mol. The molecule has 3 saturated heterocycles. The summed E-state index contributed by atoms with van der Waals surface area (Å²) < 4.78 is 42.5. The molecule has 0 spiro atoms. The van der Waals surface area contributed by atoms with Crippen LogP contribution in [0, 0.1) is 50.2 Å². The number of rotatable bonds is 20. The van der Waals surface area contributed by atoms with E-state index < -0.39 is 151 Å². The number of esters is 1. The summed E-state index contributed by atoms with van der Waals surface area (Å²) >= 11 is 0. The lowest BCUT2D eigenvalue weighted by Crippen LogP contribution is -2.69. The van der Waals surface area contributed by atoms with Crippen LogP contribution in [0.5, 0.6) is 11.5 Å². The van der Waals surface area contributed by atoms with Gasteiger partial charge in [0.05, 0.1) is 48.5 Å². The maximum Gasteiger partial charge on any atom is 0.317 e. The van der Waals surface area contributed by atoms with Crippen LogP contribution >= 0.6 is 0 Å². The number of carbonyl (C=O) groups is 4. The highest BCUT2D eigenvalue weighted by Crippen LogP contribution is 2.76. The normalized spacial score (nSPS) is 42.3. The van der Waals surface area contributed by atoms with Gasteiger partial charge in [-0.25, -0.2) is 0 Å². The topological polar surface area (TPSA) is 359 Å². The number of hydrogen-bond acceptors (Lipinski definition) is 21. The van der Waals surface area contributed by atoms with Gasteiger partial charge in [0.2, 0.25) is 12.2 Å². The van der Waals surface area contributed by atoms with Crippen LogP contribution in [0.25, 0.3) is 6.08 Å². The van der Waals surface area contributed by atoms with Gasteiger partial charge in [-0.15, -0.1) is 0 Å². The number of amides is 2. The minimum Gasteiger partial charge on any atom is -0.507 e. The van der Waals surface area contributed by atoms with Gasteiger partial charge in [0, 0.05) is 18.5 Å². The zero-order valence-corrected chi connectivity index (χ0v) is 53.9. The first-order valence-corrected chi connectivity index (χ1v) is 32.9. The number of aldehydes is 1. The van der Waals surface area contributed by atoms with Gasteiger partial charge >= 0.3 is 5.97 Å². The number of aromatic hydroxyl groups is 1. The Morgan fingerprint density at radius 2 is 1.48 bits per heavy atom. The summed E-state index contributed by atoms with van der Waals surface area (Å²) in [6.45, 7) is 17.4. The number of ether oxygens (including phenoxy) is 7. The summed E-state index contributed by atoms with van der Waals surface area (Å²) in [7, 11) is 0. The Labute approximate surface area is 537 Å². The molecule has 11 unspecified atom stereocenters. The number of phenols is 1. The van der Waals surface area contributed by atoms with E-state index in [9.17, 15) is 65.4 Å². The minimum absolute atomic E-state index is 0.0492. The molecule has 0 radical (unpaired) electrons. The van der Waals surface area contributed by atoms with Gasteiger partial charge in [-0.1, -0.05) is 90.5 Å². The molecule has 3 aliphatic heterocycles. The van der Waals surface area contributed by atoms with Gasteiger partial charge in [0.1, 0.15) is 78.6 Å². The van der Waals surface area contributed by atoms with Crippen LogP contribution in [-0.4, -0.2) is 193 Å². The molecule has 10 rings (SSSR count). The quantitative estimate of drug-likeness (QED) is 0.0386. The van der Waals surface area contributed by atoms with E-state index in [-0.39, 0.29) is 60.2 Å². The number of allylic oxidation sites excluding steroid dienone is 2. The molecule has 24 atom stereocenters. The van der Waals surface area contributed by atoms with Gasteiger partial charge in [-0.05, 0) is 147 Å². The lowest BCUT2D eigenvalue weighted by Gasteiger charge is -2.71. The van der Waals surface area contributed by atoms with E-state index in [4.69, 9.17) is 33.2 Å². The number of aliphatic hydroxyl groups is 9. The van der Waals surface area contributed by atoms with E-state index in [1.54, 1.807) is 42.5 Å². The van der Waals surface area contributed by atoms with Crippen molar-refractivity contribution in [2.75, 3.05) is 19.8 Å². The lowest BCUT2D eigenvalue weighted by atomic mass is 9.33. The third-order valence-corrected chi connectivity index (χ3v) is 23.5. The van der Waals surface area contributed by atoms with Crippen LogP contribution in [-0.2, 0) is 49.4 Å². The third kappa shape index (κ3) is 12.6. The Balaban J connectivity index is 0.840. The van der Waals surface area contributed by atoms with E-state index in [0.29, 0.717) is 74.8 Å². The fraction of sp³-hybridized carbons (Fsp3) is 0.710. The summed E-state index contributed by atoms with van der Waals surface area (Å²) in [5.41, 5.74) is -1.34. The molecule has 92 heavy (non-hydrogen) atoms. The van der Waals surface area contributed by atoms with Gasteiger partial charge in [0.25, 0.3) is 5.91 Å². The van der Waals surface area contributed by atoms with Crippen LogP contribution in [0.15, 0.2) is 60.7 Å². The molecule has 2 amide bonds. The summed E-state index contributed by atoms with van der Waals surface area (Å²) in [6.07, 6.45) is -12.9. The zero-order chi connectivity index (χ0) is 66.6. The molecule has 2 aromatic carbocycles. The molecule has 0 bridgehead atoms. The van der Waals surface area contributed by atoms with E-state index in [0.717, 1.165) is 30.3 Å². The highest BCUT2D eigenvalue weighted by atomic mass is 16.8. The Bertz CT molecular complexity index is 3020. The van der Waals surface area contributed by atoms with Crippen molar-refractivity contribution in [3.05, 3.63) is 77.4 Å². The summed E-state index contributed by atoms with van der Waals surface area (Å²) in [6, 6.07) is 10.4. The number of nitrogens with one attached hydrogen (secondary N) is 2. The summed E-state index contributed by atoms with van der Waals surface area (Å²) in [5, 5.41) is 118. The predicted octanol–water partition coefficient (Wildman–Crippen LogP) is 4.00. The van der Waals surface area contributed by atoms with Gasteiger partial charge in [-0.2, -0.15) is 0 Å². The molecular weight excluding hydrogens is 1190 g/mol. The Kier molecular flexibility index (Phi) is 20.7. The zero-order valence-electron chi connectivity index (χ0n) is 53.9. The van der Waals surface area contributed by atoms with Crippen molar-refractivity contribution in [2.24, 2.45) is 50.2 Å². The molecule has 23 heteroatoms. The summed E-state index contributed by atoms with van der Waals surface area (Å²) in [5.74, 6) is -1.71.